The van der Waals surface area contributed by atoms with Crippen molar-refractivity contribution >= 4 is 86.2 Å². The molecular weight excluding hydrogens is 1130 g/mol. The fourth-order valence-electron chi connectivity index (χ4n) is 8.60. The van der Waals surface area contributed by atoms with Crippen LogP contribution < -0.4 is 55.3 Å². The van der Waals surface area contributed by atoms with Crippen LogP contribution in [0.3, 0.4) is 0 Å². The van der Waals surface area contributed by atoms with Gasteiger partial charge in [-0.2, -0.15) is 0 Å². The number of ketones is 1. The van der Waals surface area contributed by atoms with Crippen LogP contribution in [0.15, 0.2) is 97.1 Å². The largest absolute Gasteiger partial charge is 0.508 e. The van der Waals surface area contributed by atoms with E-state index in [1.54, 1.807) is 36.4 Å². The van der Waals surface area contributed by atoms with Gasteiger partial charge in [-0.15, -0.1) is 0 Å². The van der Waals surface area contributed by atoms with Crippen LogP contribution in [-0.4, -0.2) is 153 Å². The molecule has 9 atom stereocenters. The summed E-state index contributed by atoms with van der Waals surface area (Å²) in [4.78, 5) is 127. The second-order valence-electron chi connectivity index (χ2n) is 19.9. The molecule has 0 bridgehead atoms. The number of primary amides is 2. The summed E-state index contributed by atoms with van der Waals surface area (Å²) in [6.07, 6.45) is -1.87. The third kappa shape index (κ3) is 22.4. The van der Waals surface area contributed by atoms with Gasteiger partial charge >= 0.3 is 0 Å². The number of phenols is 2. The molecule has 0 saturated carbocycles. The number of unbranched alkanes of at least 4 members (excludes halogenated alkanes) is 1. The number of amides is 8. The highest BCUT2D eigenvalue weighted by Crippen LogP contribution is 2.27. The smallest absolute Gasteiger partial charge is 0.248 e. The average Bonchev–Trinajstić information content (AvgIpc) is 3.45. The molecule has 0 aliphatic carbocycles. The van der Waals surface area contributed by atoms with E-state index in [1.165, 1.54) is 74.6 Å². The molecule has 4 aromatic carbocycles. The number of hydrogen-bond donors (Lipinski definition) is 13. The molecule has 1 heterocycles. The van der Waals surface area contributed by atoms with Crippen LogP contribution >= 0.6 is 33.2 Å². The fraction of sp³-hybridized carbons (Fsp3) is 0.421. The molecule has 23 nitrogen and oxygen atoms in total. The van der Waals surface area contributed by atoms with Crippen molar-refractivity contribution in [3.8, 4) is 11.5 Å². The number of benzene rings is 4. The average molecular weight is 1210 g/mol. The molecule has 0 radical (unpaired) electrons. The number of halogens is 1. The van der Waals surface area contributed by atoms with Crippen molar-refractivity contribution in [2.45, 2.75) is 114 Å². The number of aliphatic hydroxyl groups is 1. The Morgan fingerprint density at radius 2 is 1.22 bits per heavy atom. The molecule has 4 aromatic rings. The lowest BCUT2D eigenvalue weighted by Crippen LogP contribution is -2.62. The Morgan fingerprint density at radius 3 is 1.78 bits per heavy atom. The Balaban J connectivity index is 0.00000482. The summed E-state index contributed by atoms with van der Waals surface area (Å²) in [6.45, 7) is 4.09. The summed E-state index contributed by atoms with van der Waals surface area (Å²) in [7, 11) is 3.29. The fourth-order valence-corrected chi connectivity index (χ4v) is 11.1. The van der Waals surface area contributed by atoms with Crippen LogP contribution in [0.1, 0.15) is 72.1 Å². The van der Waals surface area contributed by atoms with Gasteiger partial charge in [0.15, 0.2) is 5.78 Å². The van der Waals surface area contributed by atoms with Gasteiger partial charge in [-0.3, -0.25) is 43.2 Å². The Labute approximate surface area is 495 Å². The van der Waals surface area contributed by atoms with Crippen molar-refractivity contribution in [3.05, 3.63) is 130 Å². The van der Waals surface area contributed by atoms with Crippen molar-refractivity contribution in [3.63, 3.8) is 0 Å². The number of Topliss-reactive ketones (excluding diaryl/α,β-unsaturated/α-hetero) is 1. The van der Waals surface area contributed by atoms with Gasteiger partial charge in [-0.1, -0.05) is 88.6 Å². The molecule has 1 fully saturated rings. The number of hydrogen-bond acceptors (Lipinski definition) is 17. The van der Waals surface area contributed by atoms with Gasteiger partial charge in [0.05, 0.1) is 18.2 Å². The molecule has 5 rings (SSSR count). The van der Waals surface area contributed by atoms with E-state index in [4.69, 9.17) is 40.3 Å². The molecule has 1 aliphatic rings. The minimum absolute atomic E-state index is 0.0410. The van der Waals surface area contributed by atoms with Crippen molar-refractivity contribution in [1.82, 2.24) is 31.5 Å². The number of aliphatic hydroxyl groups excluding tert-OH is 1. The molecule has 18 N–H and O–H groups in total. The molecular formula is C57H76ClN11O12S2. The number of nitrogens with two attached hydrogens (primary N) is 5. The first-order valence-electron chi connectivity index (χ1n) is 26.8. The first kappa shape index (κ1) is 68.2. The Morgan fingerprint density at radius 1 is 0.699 bits per heavy atom. The second kappa shape index (κ2) is 34.4. The summed E-state index contributed by atoms with van der Waals surface area (Å²) in [6, 6.07) is 14.3. The van der Waals surface area contributed by atoms with Gasteiger partial charge in [0.25, 0.3) is 0 Å². The van der Waals surface area contributed by atoms with Crippen molar-refractivity contribution in [2.75, 3.05) is 31.6 Å². The normalized spacial score (nSPS) is 20.5. The van der Waals surface area contributed by atoms with E-state index in [2.05, 4.69) is 26.6 Å². The third-order valence-electron chi connectivity index (χ3n) is 13.3. The lowest BCUT2D eigenvalue weighted by atomic mass is 9.90. The zero-order valence-corrected chi connectivity index (χ0v) is 48.9. The molecule has 0 unspecified atom stereocenters. The predicted octanol–water partition coefficient (Wildman–Crippen LogP) is 0.630. The minimum atomic E-state index is -1.75. The van der Waals surface area contributed by atoms with E-state index < -0.39 is 114 Å². The summed E-state index contributed by atoms with van der Waals surface area (Å²) >= 11 is 6.08. The van der Waals surface area contributed by atoms with Crippen LogP contribution in [-0.2, 0) is 64.0 Å². The van der Waals surface area contributed by atoms with E-state index >= 15 is 0 Å². The third-order valence-corrected chi connectivity index (χ3v) is 16.0. The molecule has 1 aliphatic heterocycles. The molecule has 450 valence electrons. The lowest BCUT2D eigenvalue weighted by Gasteiger charge is -2.31. The number of rotatable bonds is 19. The summed E-state index contributed by atoms with van der Waals surface area (Å²) in [5.74, 6) is -9.28. The highest BCUT2D eigenvalue weighted by molar-refractivity contribution is 8.76. The highest BCUT2D eigenvalue weighted by Gasteiger charge is 2.38. The van der Waals surface area contributed by atoms with E-state index in [0.717, 1.165) is 33.0 Å². The SMILES string of the molecule is CCN.C[C@@H](O)[C@@H]1NC(=O)[C@H](CCCCN)NC(=O)[C@@H](Cc2ccc(C(N)=O)cc2)NC(=O)[C@H](Cc2ccc(O)cc2)CC(=O)[C@H](NC(=O)[C@@H](N)Cc2ccc(Cl)cc2)CSSC[C@@H](C(=O)N(C)[C@H](Cc2ccc(O)cc2)C(N)=O)NC1=O. The Bertz CT molecular complexity index is 2820. The molecule has 83 heavy (non-hydrogen) atoms. The summed E-state index contributed by atoms with van der Waals surface area (Å²) < 4.78 is 0. The van der Waals surface area contributed by atoms with E-state index in [-0.39, 0.29) is 73.6 Å². The van der Waals surface area contributed by atoms with Crippen molar-refractivity contribution in [2.24, 2.45) is 34.6 Å². The Hall–Kier alpha value is -7.26. The zero-order chi connectivity index (χ0) is 61.3. The molecule has 1 saturated heterocycles. The van der Waals surface area contributed by atoms with E-state index in [0.29, 0.717) is 33.7 Å². The lowest BCUT2D eigenvalue weighted by molar-refractivity contribution is -0.141. The van der Waals surface area contributed by atoms with Crippen LogP contribution in [0.25, 0.3) is 0 Å². The van der Waals surface area contributed by atoms with Gasteiger partial charge in [-0.25, -0.2) is 0 Å². The molecule has 0 spiro atoms. The maximum Gasteiger partial charge on any atom is 0.248 e. The number of nitrogens with one attached hydrogen (secondary N) is 5. The number of likely N-dealkylation sites (N-methyl/N-ethyl adjacent to an activating group) is 1. The topological polar surface area (TPSA) is 408 Å². The van der Waals surface area contributed by atoms with Gasteiger partial charge in [-0.05, 0) is 123 Å². The van der Waals surface area contributed by atoms with Crippen LogP contribution in [0.2, 0.25) is 5.02 Å². The van der Waals surface area contributed by atoms with E-state index in [1.807, 2.05) is 6.92 Å². The Kier molecular flexibility index (Phi) is 28.3. The summed E-state index contributed by atoms with van der Waals surface area (Å²) in [5.41, 5.74) is 30.7. The zero-order valence-electron chi connectivity index (χ0n) is 46.5. The second-order valence-corrected chi connectivity index (χ2v) is 22.9. The summed E-state index contributed by atoms with van der Waals surface area (Å²) in [5, 5.41) is 44.8. The maximum atomic E-state index is 14.8. The molecule has 26 heteroatoms. The predicted molar refractivity (Wildman–Crippen MR) is 318 cm³/mol. The van der Waals surface area contributed by atoms with Gasteiger partial charge in [0, 0.05) is 54.3 Å². The van der Waals surface area contributed by atoms with Gasteiger partial charge < -0.3 is 75.5 Å². The van der Waals surface area contributed by atoms with Crippen molar-refractivity contribution < 1.29 is 58.5 Å². The monoisotopic (exact) mass is 1210 g/mol. The molecule has 8 amide bonds. The highest BCUT2D eigenvalue weighted by atomic mass is 35.5. The number of nitrogens with zero attached hydrogens (tertiary/aromatic N) is 1. The molecule has 0 aromatic heterocycles. The van der Waals surface area contributed by atoms with Crippen LogP contribution in [0.4, 0.5) is 0 Å². The number of carbonyl (C=O) groups is 9. The number of phenolic OH excluding ortho intramolecular Hbond substituents is 2. The minimum Gasteiger partial charge on any atom is -0.508 e. The first-order chi connectivity index (χ1) is 39.4. The van der Waals surface area contributed by atoms with Crippen LogP contribution in [0.5, 0.6) is 11.5 Å². The van der Waals surface area contributed by atoms with Crippen LogP contribution in [0, 0.1) is 5.92 Å². The maximum absolute atomic E-state index is 14.8. The van der Waals surface area contributed by atoms with Gasteiger partial charge in [0.1, 0.15) is 41.7 Å². The van der Waals surface area contributed by atoms with Crippen molar-refractivity contribution in [1.29, 1.82) is 0 Å². The van der Waals surface area contributed by atoms with E-state index in [9.17, 15) is 58.5 Å². The number of aromatic hydroxyl groups is 2. The number of carbonyl (C=O) groups excluding carboxylic acids is 9. The quantitative estimate of drug-likeness (QED) is 0.0452. The van der Waals surface area contributed by atoms with Gasteiger partial charge in [0.2, 0.25) is 47.3 Å². The first-order valence-corrected chi connectivity index (χ1v) is 29.7. The standard InChI is InChI=1S/C55H69ClN10O12S2.C2H7N/c1-30(67)47-54(77)64-44(55(78)66(2)45(49(60)72)26-34-12-20-39(69)21-13-34)29-80-79-28-43(63-51(74)40(58)24-32-8-16-37(56)17-9-32)46(70)27-36(23-31-10-18-38(68)19-11-31)50(73)62-42(25-33-6-14-35(15-7-33)48(59)71)53(76)61-41(52(75)65-47)5-3-4-22-57;1-2-3/h6-21,30,36,40-45,47,67-69H,3-5,22-29,57-58H2,1-2H3,(H2,59,71)(H2,60,72)(H,61,76)(H,62,73)(H,63,74)(H,64,77)(H,65,75);2-3H2,1H3/t30-,36-,40+,41+,42-,43-,44+,45-,47+;/m1./s1.